The van der Waals surface area contributed by atoms with Crippen molar-refractivity contribution in [2.24, 2.45) is 0 Å². The van der Waals surface area contributed by atoms with Crippen molar-refractivity contribution >= 4 is 23.2 Å². The maximum absolute atomic E-state index is 11.6. The number of halogens is 1. The van der Waals surface area contributed by atoms with Crippen LogP contribution in [0.25, 0.3) is 5.65 Å². The second kappa shape index (κ2) is 4.94. The molecule has 0 fully saturated rings. The predicted octanol–water partition coefficient (Wildman–Crippen LogP) is 2.43. The number of ether oxygens (including phenoxy) is 1. The lowest BCUT2D eigenvalue weighted by atomic mass is 10.2. The van der Waals surface area contributed by atoms with Gasteiger partial charge in [-0.25, -0.2) is 14.3 Å². The molecule has 0 unspecified atom stereocenters. The number of hydrogen-bond donors (Lipinski definition) is 0. The van der Waals surface area contributed by atoms with Crippen molar-refractivity contribution in [3.05, 3.63) is 28.2 Å². The van der Waals surface area contributed by atoms with Crippen LogP contribution in [0.2, 0.25) is 5.15 Å². The molecule has 0 aliphatic carbocycles. The molecule has 0 amide bonds. The lowest BCUT2D eigenvalue weighted by Crippen LogP contribution is -2.06. The van der Waals surface area contributed by atoms with Gasteiger partial charge in [0, 0.05) is 17.3 Å². The molecule has 0 radical (unpaired) electrons. The van der Waals surface area contributed by atoms with E-state index in [1.54, 1.807) is 13.0 Å². The number of rotatable bonds is 3. The standard InChI is InChI=1S/C12H14ClN3O2/c1-4-8-7(3)14-10-6-9(12(17)18-5-2)15-16(10)11(8)13/h6H,4-5H2,1-3H3. The number of carbonyl (C=O) groups is 1. The number of esters is 1. The van der Waals surface area contributed by atoms with E-state index in [0.29, 0.717) is 17.4 Å². The van der Waals surface area contributed by atoms with Gasteiger partial charge in [-0.2, -0.15) is 5.10 Å². The number of aryl methyl sites for hydroxylation is 1. The van der Waals surface area contributed by atoms with Crippen molar-refractivity contribution in [2.75, 3.05) is 6.61 Å². The molecule has 0 bridgehead atoms. The molecule has 0 aromatic carbocycles. The summed E-state index contributed by atoms with van der Waals surface area (Å²) in [6.45, 7) is 5.95. The van der Waals surface area contributed by atoms with Crippen molar-refractivity contribution in [1.82, 2.24) is 14.6 Å². The minimum absolute atomic E-state index is 0.221. The molecule has 96 valence electrons. The highest BCUT2D eigenvalue weighted by Crippen LogP contribution is 2.21. The summed E-state index contributed by atoms with van der Waals surface area (Å²) in [5.41, 5.74) is 2.56. The molecule has 0 saturated heterocycles. The van der Waals surface area contributed by atoms with Gasteiger partial charge < -0.3 is 4.74 Å². The summed E-state index contributed by atoms with van der Waals surface area (Å²) >= 11 is 6.25. The van der Waals surface area contributed by atoms with E-state index in [4.69, 9.17) is 16.3 Å². The van der Waals surface area contributed by atoms with Crippen LogP contribution in [0.3, 0.4) is 0 Å². The van der Waals surface area contributed by atoms with E-state index in [0.717, 1.165) is 17.7 Å². The Morgan fingerprint density at radius 1 is 1.50 bits per heavy atom. The number of aromatic nitrogens is 3. The quantitative estimate of drug-likeness (QED) is 0.633. The zero-order chi connectivity index (χ0) is 13.3. The first kappa shape index (κ1) is 12.8. The Balaban J connectivity index is 2.58. The average molecular weight is 268 g/mol. The van der Waals surface area contributed by atoms with E-state index >= 15 is 0 Å². The SMILES string of the molecule is CCOC(=O)c1cc2nc(C)c(CC)c(Cl)n2n1. The normalized spacial score (nSPS) is 10.9. The lowest BCUT2D eigenvalue weighted by Gasteiger charge is -2.06. The highest BCUT2D eigenvalue weighted by Gasteiger charge is 2.16. The van der Waals surface area contributed by atoms with Crippen LogP contribution in [0.5, 0.6) is 0 Å². The van der Waals surface area contributed by atoms with E-state index in [9.17, 15) is 4.79 Å². The summed E-state index contributed by atoms with van der Waals surface area (Å²) in [6, 6.07) is 1.58. The Bertz CT molecular complexity index is 607. The third kappa shape index (κ3) is 2.06. The molecule has 0 aliphatic heterocycles. The van der Waals surface area contributed by atoms with Crippen LogP contribution >= 0.6 is 11.6 Å². The topological polar surface area (TPSA) is 56.5 Å². The van der Waals surface area contributed by atoms with Gasteiger partial charge in [0.2, 0.25) is 0 Å². The van der Waals surface area contributed by atoms with Gasteiger partial charge in [-0.3, -0.25) is 0 Å². The van der Waals surface area contributed by atoms with Gasteiger partial charge in [-0.15, -0.1) is 0 Å². The molecule has 2 aromatic heterocycles. The summed E-state index contributed by atoms with van der Waals surface area (Å²) in [7, 11) is 0. The van der Waals surface area contributed by atoms with Gasteiger partial charge in [-0.05, 0) is 20.3 Å². The Labute approximate surface area is 110 Å². The fourth-order valence-corrected chi connectivity index (χ4v) is 2.21. The van der Waals surface area contributed by atoms with Gasteiger partial charge in [0.05, 0.1) is 6.61 Å². The lowest BCUT2D eigenvalue weighted by molar-refractivity contribution is 0.0519. The van der Waals surface area contributed by atoms with E-state index < -0.39 is 5.97 Å². The van der Waals surface area contributed by atoms with Crippen LogP contribution in [0.1, 0.15) is 35.6 Å². The third-order valence-corrected chi connectivity index (χ3v) is 3.07. The van der Waals surface area contributed by atoms with Crippen LogP contribution in [-0.2, 0) is 11.2 Å². The van der Waals surface area contributed by atoms with Crippen molar-refractivity contribution in [3.63, 3.8) is 0 Å². The Kier molecular flexibility index (Phi) is 3.52. The molecular weight excluding hydrogens is 254 g/mol. The molecule has 0 saturated carbocycles. The average Bonchev–Trinajstić information content (AvgIpc) is 2.74. The summed E-state index contributed by atoms with van der Waals surface area (Å²) in [5, 5.41) is 4.62. The molecule has 0 atom stereocenters. The van der Waals surface area contributed by atoms with Crippen LogP contribution in [-0.4, -0.2) is 27.2 Å². The van der Waals surface area contributed by atoms with Crippen LogP contribution in [0.4, 0.5) is 0 Å². The molecule has 0 aliphatic rings. The second-order valence-corrected chi connectivity index (χ2v) is 4.20. The minimum atomic E-state index is -0.463. The minimum Gasteiger partial charge on any atom is -0.461 e. The monoisotopic (exact) mass is 267 g/mol. The van der Waals surface area contributed by atoms with Gasteiger partial charge in [-0.1, -0.05) is 18.5 Å². The number of hydrogen-bond acceptors (Lipinski definition) is 4. The third-order valence-electron chi connectivity index (χ3n) is 2.68. The predicted molar refractivity (Wildman–Crippen MR) is 68.1 cm³/mol. The smallest absolute Gasteiger partial charge is 0.358 e. The fourth-order valence-electron chi connectivity index (χ4n) is 1.82. The first-order valence-electron chi connectivity index (χ1n) is 5.80. The Morgan fingerprint density at radius 3 is 2.83 bits per heavy atom. The van der Waals surface area contributed by atoms with E-state index in [-0.39, 0.29) is 5.69 Å². The Hall–Kier alpha value is -1.62. The van der Waals surface area contributed by atoms with Crippen LogP contribution in [0.15, 0.2) is 6.07 Å². The molecule has 2 rings (SSSR count). The molecule has 18 heavy (non-hydrogen) atoms. The zero-order valence-corrected chi connectivity index (χ0v) is 11.3. The van der Waals surface area contributed by atoms with Crippen LogP contribution < -0.4 is 0 Å². The van der Waals surface area contributed by atoms with E-state index in [1.165, 1.54) is 4.52 Å². The molecule has 2 heterocycles. The van der Waals surface area contributed by atoms with Gasteiger partial charge in [0.15, 0.2) is 11.3 Å². The number of fused-ring (bicyclic) bond motifs is 1. The van der Waals surface area contributed by atoms with Gasteiger partial charge >= 0.3 is 5.97 Å². The molecule has 6 heteroatoms. The first-order valence-corrected chi connectivity index (χ1v) is 6.18. The summed E-state index contributed by atoms with van der Waals surface area (Å²) < 4.78 is 6.37. The summed E-state index contributed by atoms with van der Waals surface area (Å²) in [5.74, 6) is -0.463. The second-order valence-electron chi connectivity index (χ2n) is 3.84. The maximum Gasteiger partial charge on any atom is 0.358 e. The molecule has 0 spiro atoms. The number of nitrogens with zero attached hydrogens (tertiary/aromatic N) is 3. The van der Waals surface area contributed by atoms with Crippen molar-refractivity contribution in [2.45, 2.75) is 27.2 Å². The van der Waals surface area contributed by atoms with Crippen LogP contribution in [0, 0.1) is 6.92 Å². The molecule has 0 N–H and O–H groups in total. The van der Waals surface area contributed by atoms with Gasteiger partial charge in [0.25, 0.3) is 0 Å². The maximum atomic E-state index is 11.6. The van der Waals surface area contributed by atoms with Crippen molar-refractivity contribution < 1.29 is 9.53 Å². The highest BCUT2D eigenvalue weighted by molar-refractivity contribution is 6.30. The van der Waals surface area contributed by atoms with Gasteiger partial charge in [0.1, 0.15) is 5.15 Å². The van der Waals surface area contributed by atoms with E-state index in [1.807, 2.05) is 13.8 Å². The zero-order valence-electron chi connectivity index (χ0n) is 10.5. The van der Waals surface area contributed by atoms with Crippen molar-refractivity contribution in [1.29, 1.82) is 0 Å². The van der Waals surface area contributed by atoms with Crippen molar-refractivity contribution in [3.8, 4) is 0 Å². The summed E-state index contributed by atoms with van der Waals surface area (Å²) in [6.07, 6.45) is 0.766. The Morgan fingerprint density at radius 2 is 2.22 bits per heavy atom. The highest BCUT2D eigenvalue weighted by atomic mass is 35.5. The summed E-state index contributed by atoms with van der Waals surface area (Å²) in [4.78, 5) is 16.0. The van der Waals surface area contributed by atoms with E-state index in [2.05, 4.69) is 10.1 Å². The molecule has 2 aromatic rings. The number of carbonyl (C=O) groups excluding carboxylic acids is 1. The molecule has 5 nitrogen and oxygen atoms in total. The molecular formula is C12H14ClN3O2. The fraction of sp³-hybridized carbons (Fsp3) is 0.417. The first-order chi connectivity index (χ1) is 8.58. The largest absolute Gasteiger partial charge is 0.461 e.